The Morgan fingerprint density at radius 1 is 0.941 bits per heavy atom. The molecule has 4 rings (SSSR count). The van der Waals surface area contributed by atoms with Crippen molar-refractivity contribution in [3.8, 4) is 5.75 Å². The van der Waals surface area contributed by atoms with Crippen LogP contribution >= 0.6 is 0 Å². The maximum absolute atomic E-state index is 13.8. The summed E-state index contributed by atoms with van der Waals surface area (Å²) in [5.74, 6) is -1.32. The zero-order chi connectivity index (χ0) is 37.3. The Balaban J connectivity index is 1.52. The first kappa shape index (κ1) is 39.7. The Hall–Kier alpha value is -4.12. The van der Waals surface area contributed by atoms with Crippen LogP contribution in [0.25, 0.3) is 0 Å². The number of amides is 2. The lowest BCUT2D eigenvalue weighted by molar-refractivity contribution is -0.155. The number of pyridine rings is 1. The van der Waals surface area contributed by atoms with Crippen molar-refractivity contribution in [3.63, 3.8) is 0 Å². The van der Waals surface area contributed by atoms with E-state index in [1.807, 2.05) is 4.90 Å². The van der Waals surface area contributed by atoms with E-state index in [-0.39, 0.29) is 30.0 Å². The summed E-state index contributed by atoms with van der Waals surface area (Å²) >= 11 is 0. The minimum absolute atomic E-state index is 0.0870. The van der Waals surface area contributed by atoms with Crippen molar-refractivity contribution in [3.05, 3.63) is 59.4 Å². The molecule has 2 aliphatic rings. The highest BCUT2D eigenvalue weighted by Crippen LogP contribution is 2.31. The first-order chi connectivity index (χ1) is 24.0. The van der Waals surface area contributed by atoms with Crippen LogP contribution < -0.4 is 15.4 Å². The second kappa shape index (κ2) is 17.4. The number of ketones is 1. The van der Waals surface area contributed by atoms with Gasteiger partial charge in [-0.1, -0.05) is 12.1 Å². The summed E-state index contributed by atoms with van der Waals surface area (Å²) in [5.41, 5.74) is 0.428. The van der Waals surface area contributed by atoms with Crippen molar-refractivity contribution in [2.24, 2.45) is 17.3 Å². The minimum Gasteiger partial charge on any atom is -0.460 e. The third-order valence-electron chi connectivity index (χ3n) is 9.44. The molecular weight excluding hydrogens is 648 g/mol. The smallest absolute Gasteiger partial charge is 0.316 e. The summed E-state index contributed by atoms with van der Waals surface area (Å²) in [7, 11) is 0. The lowest BCUT2D eigenvalue weighted by Crippen LogP contribution is -2.46. The number of ether oxygens (including phenoxy) is 2. The molecule has 51 heavy (non-hydrogen) atoms. The van der Waals surface area contributed by atoms with Gasteiger partial charge in [0.1, 0.15) is 17.1 Å². The number of piperidine rings is 2. The number of aromatic nitrogens is 1. The van der Waals surface area contributed by atoms with Crippen LogP contribution in [0.2, 0.25) is 0 Å². The fourth-order valence-corrected chi connectivity index (χ4v) is 6.64. The predicted molar refractivity (Wildman–Crippen MR) is 194 cm³/mol. The average Bonchev–Trinajstić information content (AvgIpc) is 3.07. The number of Topliss-reactive ketones (excluding diaryl/α,β-unsaturated/α-hetero) is 1. The number of carbonyl (C=O) groups is 5. The highest BCUT2D eigenvalue weighted by molar-refractivity contribution is 5.87. The molecule has 11 heteroatoms. The molecule has 2 N–H and O–H groups in total. The van der Waals surface area contributed by atoms with Crippen LogP contribution in [0.1, 0.15) is 122 Å². The monoisotopic (exact) mass is 704 g/mol. The van der Waals surface area contributed by atoms with E-state index in [0.29, 0.717) is 54.3 Å². The molecule has 0 radical (unpaired) electrons. The van der Waals surface area contributed by atoms with Crippen molar-refractivity contribution in [1.82, 2.24) is 20.5 Å². The Labute approximate surface area is 302 Å². The molecular formula is C40H56N4O7. The van der Waals surface area contributed by atoms with Gasteiger partial charge in [-0.2, -0.15) is 0 Å². The second-order valence-electron chi connectivity index (χ2n) is 16.1. The molecule has 1 unspecified atom stereocenters. The number of hydrogen-bond acceptors (Lipinski definition) is 9. The van der Waals surface area contributed by atoms with E-state index >= 15 is 0 Å². The molecule has 2 aliphatic heterocycles. The van der Waals surface area contributed by atoms with Crippen LogP contribution in [-0.4, -0.2) is 71.2 Å². The van der Waals surface area contributed by atoms with Crippen LogP contribution in [0.3, 0.4) is 0 Å². The quantitative estimate of drug-likeness (QED) is 0.211. The number of carbonyl (C=O) groups excluding carboxylic acids is 5. The van der Waals surface area contributed by atoms with E-state index in [0.717, 1.165) is 38.8 Å². The molecule has 278 valence electrons. The number of rotatable bonds is 12. The first-order valence-corrected chi connectivity index (χ1v) is 18.3. The molecule has 2 amide bonds. The van der Waals surface area contributed by atoms with Crippen LogP contribution in [-0.2, 0) is 28.7 Å². The van der Waals surface area contributed by atoms with Gasteiger partial charge < -0.3 is 25.0 Å². The molecule has 3 heterocycles. The highest BCUT2D eigenvalue weighted by Gasteiger charge is 2.32. The Kier molecular flexibility index (Phi) is 13.5. The standard InChI is InChI=1S/C40H56N4O7/c1-26(45)36(28-11-13-32(14-12-28)50-38(49)39(2,3)4)31-21-30(23-42-24-31)33(22-35(47)51-40(5,6)7)43-37(48)29-9-8-20-44(25-29)34(46)15-10-27-16-18-41-19-17-27/h11-14,21,23-24,27,29,33,36,41H,8-10,15-20,22,25H2,1-7H3,(H,43,48)/t29-,33+,36?/m1/s1. The van der Waals surface area contributed by atoms with E-state index < -0.39 is 34.9 Å². The lowest BCUT2D eigenvalue weighted by Gasteiger charge is -2.33. The molecule has 0 bridgehead atoms. The van der Waals surface area contributed by atoms with Gasteiger partial charge in [0.15, 0.2) is 0 Å². The first-order valence-electron chi connectivity index (χ1n) is 18.3. The number of hydrogen-bond donors (Lipinski definition) is 2. The van der Waals surface area contributed by atoms with Crippen LogP contribution in [0.4, 0.5) is 0 Å². The maximum Gasteiger partial charge on any atom is 0.316 e. The van der Waals surface area contributed by atoms with E-state index in [1.54, 1.807) is 84.3 Å². The Bertz CT molecular complexity index is 1540. The van der Waals surface area contributed by atoms with Gasteiger partial charge in [0, 0.05) is 31.9 Å². The van der Waals surface area contributed by atoms with Crippen molar-refractivity contribution >= 4 is 29.5 Å². The fraction of sp³-hybridized carbons (Fsp3) is 0.600. The summed E-state index contributed by atoms with van der Waals surface area (Å²) in [5, 5.41) is 6.44. The zero-order valence-corrected chi connectivity index (χ0v) is 31.4. The van der Waals surface area contributed by atoms with Gasteiger partial charge in [0.25, 0.3) is 0 Å². The van der Waals surface area contributed by atoms with Crippen molar-refractivity contribution in [2.75, 3.05) is 26.2 Å². The topological polar surface area (TPSA) is 144 Å². The third-order valence-corrected chi connectivity index (χ3v) is 9.44. The van der Waals surface area contributed by atoms with Crippen molar-refractivity contribution in [1.29, 1.82) is 0 Å². The molecule has 2 saturated heterocycles. The molecule has 0 aliphatic carbocycles. The van der Waals surface area contributed by atoms with E-state index in [4.69, 9.17) is 9.47 Å². The summed E-state index contributed by atoms with van der Waals surface area (Å²) in [6.45, 7) is 15.1. The van der Waals surface area contributed by atoms with Gasteiger partial charge in [0.05, 0.1) is 29.7 Å². The molecule has 1 aromatic carbocycles. The SMILES string of the molecule is CC(=O)C(c1ccc(OC(=O)C(C)(C)C)cc1)c1cncc([C@H](CC(=O)OC(C)(C)C)NC(=O)[C@@H]2CCCN(C(=O)CCC3CCNCC3)C2)c1. The van der Waals surface area contributed by atoms with Gasteiger partial charge in [-0.05, 0) is 134 Å². The van der Waals surface area contributed by atoms with Gasteiger partial charge in [0.2, 0.25) is 11.8 Å². The Morgan fingerprint density at radius 3 is 2.24 bits per heavy atom. The molecule has 0 spiro atoms. The fourth-order valence-electron chi connectivity index (χ4n) is 6.64. The predicted octanol–water partition coefficient (Wildman–Crippen LogP) is 5.66. The van der Waals surface area contributed by atoms with E-state index in [2.05, 4.69) is 15.6 Å². The maximum atomic E-state index is 13.8. The number of benzene rings is 1. The zero-order valence-electron chi connectivity index (χ0n) is 31.4. The molecule has 2 fully saturated rings. The van der Waals surface area contributed by atoms with Gasteiger partial charge in [-0.3, -0.25) is 29.0 Å². The van der Waals surface area contributed by atoms with Gasteiger partial charge >= 0.3 is 11.9 Å². The number of nitrogens with one attached hydrogen (secondary N) is 2. The van der Waals surface area contributed by atoms with Crippen LogP contribution in [0, 0.1) is 17.3 Å². The molecule has 1 aromatic heterocycles. The van der Waals surface area contributed by atoms with Crippen LogP contribution in [0.15, 0.2) is 42.7 Å². The molecule has 11 nitrogen and oxygen atoms in total. The average molecular weight is 705 g/mol. The van der Waals surface area contributed by atoms with Crippen molar-refractivity contribution in [2.45, 2.75) is 111 Å². The van der Waals surface area contributed by atoms with Gasteiger partial charge in [-0.15, -0.1) is 0 Å². The summed E-state index contributed by atoms with van der Waals surface area (Å²) in [4.78, 5) is 71.8. The third kappa shape index (κ3) is 12.0. The summed E-state index contributed by atoms with van der Waals surface area (Å²) in [6.07, 6.45) is 7.93. The van der Waals surface area contributed by atoms with E-state index in [9.17, 15) is 24.0 Å². The van der Waals surface area contributed by atoms with Crippen LogP contribution in [0.5, 0.6) is 5.75 Å². The van der Waals surface area contributed by atoms with Crippen molar-refractivity contribution < 1.29 is 33.4 Å². The lowest BCUT2D eigenvalue weighted by atomic mass is 9.87. The second-order valence-corrected chi connectivity index (χ2v) is 16.1. The summed E-state index contributed by atoms with van der Waals surface area (Å²) in [6, 6.07) is 7.81. The largest absolute Gasteiger partial charge is 0.460 e. The molecule has 3 atom stereocenters. The number of esters is 2. The highest BCUT2D eigenvalue weighted by atomic mass is 16.6. The Morgan fingerprint density at radius 2 is 1.61 bits per heavy atom. The van der Waals surface area contributed by atoms with E-state index in [1.165, 1.54) is 6.92 Å². The number of nitrogens with zero attached hydrogens (tertiary/aromatic N) is 2. The number of likely N-dealkylation sites (tertiary alicyclic amines) is 1. The minimum atomic E-state index is -0.780. The van der Waals surface area contributed by atoms with Gasteiger partial charge in [-0.25, -0.2) is 0 Å². The molecule has 0 saturated carbocycles. The molecule has 2 aromatic rings. The summed E-state index contributed by atoms with van der Waals surface area (Å²) < 4.78 is 11.1. The normalized spacial score (nSPS) is 18.3.